The summed E-state index contributed by atoms with van der Waals surface area (Å²) in [6.07, 6.45) is 3.53. The van der Waals surface area contributed by atoms with Crippen molar-refractivity contribution >= 4 is 17.6 Å². The number of pyridine rings is 1. The SMILES string of the molecule is O=C(NCCOc1ccc(Cl)cn1)NCC1CCOCC1. The molecular formula is C14H20ClN3O3. The number of hydrogen-bond donors (Lipinski definition) is 2. The van der Waals surface area contributed by atoms with Crippen LogP contribution >= 0.6 is 11.6 Å². The van der Waals surface area contributed by atoms with Gasteiger partial charge in [-0.3, -0.25) is 0 Å². The highest BCUT2D eigenvalue weighted by atomic mass is 35.5. The minimum atomic E-state index is -0.172. The standard InChI is InChI=1S/C14H20ClN3O3/c15-12-1-2-13(17-10-12)21-8-5-16-14(19)18-9-11-3-6-20-7-4-11/h1-2,10-11H,3-9H2,(H2,16,18,19). The smallest absolute Gasteiger partial charge is 0.314 e. The Morgan fingerprint density at radius 2 is 2.19 bits per heavy atom. The Kier molecular flexibility index (Phi) is 6.56. The van der Waals surface area contributed by atoms with Crippen molar-refractivity contribution in [2.45, 2.75) is 12.8 Å². The minimum Gasteiger partial charge on any atom is -0.476 e. The van der Waals surface area contributed by atoms with E-state index in [1.54, 1.807) is 12.1 Å². The molecule has 0 bridgehead atoms. The van der Waals surface area contributed by atoms with E-state index in [0.717, 1.165) is 26.1 Å². The fourth-order valence-corrected chi connectivity index (χ4v) is 2.13. The third-order valence-corrected chi connectivity index (χ3v) is 3.45. The molecule has 1 saturated heterocycles. The van der Waals surface area contributed by atoms with E-state index >= 15 is 0 Å². The summed E-state index contributed by atoms with van der Waals surface area (Å²) in [5.74, 6) is 1.00. The van der Waals surface area contributed by atoms with Crippen LogP contribution in [0.15, 0.2) is 18.3 Å². The van der Waals surface area contributed by atoms with E-state index in [2.05, 4.69) is 15.6 Å². The van der Waals surface area contributed by atoms with Crippen molar-refractivity contribution in [3.8, 4) is 5.88 Å². The maximum Gasteiger partial charge on any atom is 0.314 e. The molecule has 2 amide bonds. The lowest BCUT2D eigenvalue weighted by atomic mass is 10.0. The molecule has 116 valence electrons. The van der Waals surface area contributed by atoms with E-state index in [1.807, 2.05) is 0 Å². The van der Waals surface area contributed by atoms with Crippen molar-refractivity contribution in [3.63, 3.8) is 0 Å². The number of rotatable bonds is 6. The first-order chi connectivity index (χ1) is 10.2. The molecule has 2 rings (SSSR count). The van der Waals surface area contributed by atoms with Crippen LogP contribution in [0, 0.1) is 5.92 Å². The van der Waals surface area contributed by atoms with Gasteiger partial charge in [-0.05, 0) is 24.8 Å². The number of hydrogen-bond acceptors (Lipinski definition) is 4. The molecule has 6 nitrogen and oxygen atoms in total. The third kappa shape index (κ3) is 6.18. The molecule has 1 aromatic rings. The number of amides is 2. The number of carbonyl (C=O) groups is 1. The lowest BCUT2D eigenvalue weighted by Gasteiger charge is -2.22. The average Bonchev–Trinajstić information content (AvgIpc) is 2.52. The zero-order valence-corrected chi connectivity index (χ0v) is 12.6. The third-order valence-electron chi connectivity index (χ3n) is 3.23. The Morgan fingerprint density at radius 1 is 1.38 bits per heavy atom. The summed E-state index contributed by atoms with van der Waals surface area (Å²) < 4.78 is 10.7. The molecule has 1 aromatic heterocycles. The van der Waals surface area contributed by atoms with Gasteiger partial charge in [-0.15, -0.1) is 0 Å². The van der Waals surface area contributed by atoms with Gasteiger partial charge in [0.25, 0.3) is 0 Å². The van der Waals surface area contributed by atoms with Gasteiger partial charge in [-0.1, -0.05) is 11.6 Å². The Bertz CT molecular complexity index is 436. The minimum absolute atomic E-state index is 0.172. The number of aromatic nitrogens is 1. The molecule has 0 aromatic carbocycles. The summed E-state index contributed by atoms with van der Waals surface area (Å²) >= 11 is 5.72. The normalized spacial score (nSPS) is 15.5. The van der Waals surface area contributed by atoms with E-state index in [4.69, 9.17) is 21.1 Å². The molecule has 2 heterocycles. The van der Waals surface area contributed by atoms with E-state index in [1.165, 1.54) is 6.20 Å². The van der Waals surface area contributed by atoms with Crippen LogP contribution in [0.5, 0.6) is 5.88 Å². The zero-order chi connectivity index (χ0) is 14.9. The van der Waals surface area contributed by atoms with Gasteiger partial charge >= 0.3 is 6.03 Å². The second-order valence-electron chi connectivity index (χ2n) is 4.86. The van der Waals surface area contributed by atoms with Gasteiger partial charge in [0, 0.05) is 32.0 Å². The summed E-state index contributed by atoms with van der Waals surface area (Å²) in [5.41, 5.74) is 0. The van der Waals surface area contributed by atoms with E-state index in [9.17, 15) is 4.79 Å². The van der Waals surface area contributed by atoms with Gasteiger partial charge in [0.1, 0.15) is 6.61 Å². The maximum atomic E-state index is 11.6. The number of nitrogens with one attached hydrogen (secondary N) is 2. The Hall–Kier alpha value is -1.53. The molecule has 0 atom stereocenters. The highest BCUT2D eigenvalue weighted by Crippen LogP contribution is 2.13. The molecular weight excluding hydrogens is 294 g/mol. The van der Waals surface area contributed by atoms with Crippen LogP contribution in [0.2, 0.25) is 5.02 Å². The first-order valence-corrected chi connectivity index (χ1v) is 7.45. The van der Waals surface area contributed by atoms with Crippen molar-refractivity contribution in [1.29, 1.82) is 0 Å². The lowest BCUT2D eigenvalue weighted by Crippen LogP contribution is -2.40. The van der Waals surface area contributed by atoms with Gasteiger partial charge in [0.05, 0.1) is 11.6 Å². The molecule has 1 fully saturated rings. The number of urea groups is 1. The first-order valence-electron chi connectivity index (χ1n) is 7.08. The van der Waals surface area contributed by atoms with Crippen molar-refractivity contribution in [2.75, 3.05) is 32.9 Å². The fourth-order valence-electron chi connectivity index (χ4n) is 2.02. The molecule has 0 spiro atoms. The van der Waals surface area contributed by atoms with Gasteiger partial charge < -0.3 is 20.1 Å². The second kappa shape index (κ2) is 8.69. The van der Waals surface area contributed by atoms with Crippen molar-refractivity contribution in [3.05, 3.63) is 23.4 Å². The summed E-state index contributed by atoms with van der Waals surface area (Å²) in [5, 5.41) is 6.17. The number of halogens is 1. The molecule has 0 radical (unpaired) electrons. The molecule has 21 heavy (non-hydrogen) atoms. The predicted molar refractivity (Wildman–Crippen MR) is 79.7 cm³/mol. The van der Waals surface area contributed by atoms with E-state index in [-0.39, 0.29) is 6.03 Å². The van der Waals surface area contributed by atoms with Gasteiger partial charge in [-0.2, -0.15) is 0 Å². The highest BCUT2D eigenvalue weighted by molar-refractivity contribution is 6.30. The second-order valence-corrected chi connectivity index (χ2v) is 5.29. The summed E-state index contributed by atoms with van der Waals surface area (Å²) in [6, 6.07) is 3.22. The summed E-state index contributed by atoms with van der Waals surface area (Å²) in [4.78, 5) is 15.6. The molecule has 0 unspecified atom stereocenters. The van der Waals surface area contributed by atoms with Crippen LogP contribution in [0.25, 0.3) is 0 Å². The lowest BCUT2D eigenvalue weighted by molar-refractivity contribution is 0.0669. The number of ether oxygens (including phenoxy) is 2. The van der Waals surface area contributed by atoms with Gasteiger partial charge in [0.2, 0.25) is 5.88 Å². The maximum absolute atomic E-state index is 11.6. The van der Waals surface area contributed by atoms with Crippen LogP contribution in [0.1, 0.15) is 12.8 Å². The van der Waals surface area contributed by atoms with Crippen LogP contribution in [0.4, 0.5) is 4.79 Å². The Morgan fingerprint density at radius 3 is 2.90 bits per heavy atom. The van der Waals surface area contributed by atoms with Crippen LogP contribution in [-0.4, -0.2) is 43.9 Å². The van der Waals surface area contributed by atoms with Gasteiger partial charge in [-0.25, -0.2) is 9.78 Å². The van der Waals surface area contributed by atoms with Crippen molar-refractivity contribution < 1.29 is 14.3 Å². The van der Waals surface area contributed by atoms with E-state index < -0.39 is 0 Å². The quantitative estimate of drug-likeness (QED) is 0.786. The molecule has 1 aliphatic heterocycles. The fraction of sp³-hybridized carbons (Fsp3) is 0.571. The monoisotopic (exact) mass is 313 g/mol. The molecule has 0 aliphatic carbocycles. The predicted octanol–water partition coefficient (Wildman–Crippen LogP) is 1.84. The molecule has 7 heteroatoms. The van der Waals surface area contributed by atoms with Crippen LogP contribution < -0.4 is 15.4 Å². The van der Waals surface area contributed by atoms with Crippen molar-refractivity contribution in [2.24, 2.45) is 5.92 Å². The molecule has 0 saturated carbocycles. The molecule has 2 N–H and O–H groups in total. The van der Waals surface area contributed by atoms with Crippen LogP contribution in [-0.2, 0) is 4.74 Å². The Labute approximate surface area is 129 Å². The average molecular weight is 314 g/mol. The zero-order valence-electron chi connectivity index (χ0n) is 11.8. The summed E-state index contributed by atoms with van der Waals surface area (Å²) in [6.45, 7) is 3.05. The summed E-state index contributed by atoms with van der Waals surface area (Å²) in [7, 11) is 0. The number of nitrogens with zero attached hydrogens (tertiary/aromatic N) is 1. The van der Waals surface area contributed by atoms with Gasteiger partial charge in [0.15, 0.2) is 0 Å². The largest absolute Gasteiger partial charge is 0.476 e. The topological polar surface area (TPSA) is 72.5 Å². The first kappa shape index (κ1) is 15.9. The van der Waals surface area contributed by atoms with Crippen LogP contribution in [0.3, 0.4) is 0 Å². The van der Waals surface area contributed by atoms with Crippen molar-refractivity contribution in [1.82, 2.24) is 15.6 Å². The molecule has 1 aliphatic rings. The Balaban J connectivity index is 1.53. The highest BCUT2D eigenvalue weighted by Gasteiger charge is 2.14. The number of carbonyl (C=O) groups excluding carboxylic acids is 1. The van der Waals surface area contributed by atoms with E-state index in [0.29, 0.717) is 36.5 Å².